The first-order chi connectivity index (χ1) is 19.0. The van der Waals surface area contributed by atoms with Crippen LogP contribution in [0, 0.1) is 5.41 Å². The molecule has 0 bridgehead atoms. The molecule has 1 atom stereocenters. The lowest BCUT2D eigenvalue weighted by Crippen LogP contribution is -2.52. The molecule has 1 unspecified atom stereocenters. The van der Waals surface area contributed by atoms with Gasteiger partial charge in [0, 0.05) is 33.7 Å². The van der Waals surface area contributed by atoms with E-state index in [1.54, 1.807) is 67.9 Å². The summed E-state index contributed by atoms with van der Waals surface area (Å²) in [6, 6.07) is 12.7. The van der Waals surface area contributed by atoms with Gasteiger partial charge >= 0.3 is 5.97 Å². The van der Waals surface area contributed by atoms with Gasteiger partial charge in [-0.15, -0.1) is 10.2 Å². The van der Waals surface area contributed by atoms with Gasteiger partial charge in [0.15, 0.2) is 5.82 Å². The van der Waals surface area contributed by atoms with Crippen LogP contribution in [0.2, 0.25) is 10.0 Å². The van der Waals surface area contributed by atoms with Crippen molar-refractivity contribution in [2.45, 2.75) is 51.1 Å². The highest BCUT2D eigenvalue weighted by Crippen LogP contribution is 2.37. The van der Waals surface area contributed by atoms with Crippen LogP contribution in [0.5, 0.6) is 0 Å². The molecule has 0 aliphatic heterocycles. The molecule has 2 aromatic heterocycles. The summed E-state index contributed by atoms with van der Waals surface area (Å²) in [5.74, 6) is -0.176. The number of benzene rings is 2. The summed E-state index contributed by atoms with van der Waals surface area (Å²) in [6.45, 7) is 9.32. The SMILES string of the molecule is CC(C)(N)CNc1ccc(-n2ccc3cc(N(C(C(=O)O)C(C)(C)C)S(=O)(=O)c4cc(Cl)cc(Cl)c4)ccc32)nn1. The maximum atomic E-state index is 14.0. The standard InChI is InChI=1S/C28H32Cl2N6O4S/c1-27(2,3)25(26(37)38)36(41(39,40)21-14-18(29)13-19(30)15-21)20-6-7-22-17(12-20)10-11-35(22)24-9-8-23(33-34-24)32-16-28(4,5)31/h6-15,25H,16,31H2,1-5H3,(H,32,33)(H,37,38). The molecule has 2 aromatic carbocycles. The van der Waals surface area contributed by atoms with E-state index in [0.717, 1.165) is 9.82 Å². The van der Waals surface area contributed by atoms with Gasteiger partial charge in [0.25, 0.3) is 10.0 Å². The Balaban J connectivity index is 1.80. The first kappa shape index (κ1) is 30.6. The second-order valence-electron chi connectivity index (χ2n) is 11.6. The quantitative estimate of drug-likeness (QED) is 0.221. The zero-order chi connectivity index (χ0) is 30.3. The van der Waals surface area contributed by atoms with Gasteiger partial charge in [-0.05, 0) is 73.9 Å². The topological polar surface area (TPSA) is 143 Å². The van der Waals surface area contributed by atoms with Gasteiger partial charge in [0.1, 0.15) is 11.9 Å². The number of carboxylic acids is 1. The van der Waals surface area contributed by atoms with Crippen LogP contribution >= 0.6 is 23.2 Å². The summed E-state index contributed by atoms with van der Waals surface area (Å²) in [5, 5.41) is 22.8. The van der Waals surface area contributed by atoms with Gasteiger partial charge < -0.3 is 16.2 Å². The number of aliphatic carboxylic acids is 1. The normalized spacial score (nSPS) is 13.3. The number of nitrogens with zero attached hydrogens (tertiary/aromatic N) is 4. The molecule has 0 amide bonds. The minimum atomic E-state index is -4.42. The molecule has 4 aromatic rings. The predicted octanol–water partition coefficient (Wildman–Crippen LogP) is 5.57. The van der Waals surface area contributed by atoms with Crippen molar-refractivity contribution in [3.8, 4) is 5.82 Å². The van der Waals surface area contributed by atoms with E-state index in [1.165, 1.54) is 18.2 Å². The number of anilines is 2. The number of sulfonamides is 1. The van der Waals surface area contributed by atoms with Gasteiger partial charge in [-0.2, -0.15) is 0 Å². The van der Waals surface area contributed by atoms with Crippen molar-refractivity contribution in [1.29, 1.82) is 0 Å². The smallest absolute Gasteiger partial charge is 0.328 e. The Bertz CT molecular complexity index is 1670. The third-order valence-corrected chi connectivity index (χ3v) is 8.44. The fourth-order valence-electron chi connectivity index (χ4n) is 4.37. The number of hydrogen-bond donors (Lipinski definition) is 3. The molecule has 0 saturated carbocycles. The van der Waals surface area contributed by atoms with Crippen LogP contribution < -0.4 is 15.4 Å². The largest absolute Gasteiger partial charge is 0.480 e. The van der Waals surface area contributed by atoms with Crippen molar-refractivity contribution in [2.24, 2.45) is 11.1 Å². The second kappa shape index (κ2) is 11.1. The van der Waals surface area contributed by atoms with Crippen molar-refractivity contribution >= 4 is 61.6 Å². The molecule has 0 fully saturated rings. The van der Waals surface area contributed by atoms with Gasteiger partial charge in [-0.1, -0.05) is 44.0 Å². The van der Waals surface area contributed by atoms with Crippen LogP contribution in [0.4, 0.5) is 11.5 Å². The zero-order valence-corrected chi connectivity index (χ0v) is 25.6. The molecule has 10 nitrogen and oxygen atoms in total. The number of hydrogen-bond acceptors (Lipinski definition) is 7. The number of halogens is 2. The number of nitrogens with two attached hydrogens (primary N) is 1. The van der Waals surface area contributed by atoms with Crippen LogP contribution in [0.3, 0.4) is 0 Å². The Labute approximate surface area is 249 Å². The van der Waals surface area contributed by atoms with Crippen LogP contribution in [0.15, 0.2) is 65.7 Å². The highest BCUT2D eigenvalue weighted by atomic mass is 35.5. The van der Waals surface area contributed by atoms with Crippen molar-refractivity contribution < 1.29 is 18.3 Å². The van der Waals surface area contributed by atoms with Gasteiger partial charge in [-0.25, -0.2) is 13.2 Å². The lowest BCUT2D eigenvalue weighted by Gasteiger charge is -2.37. The lowest BCUT2D eigenvalue weighted by atomic mass is 9.86. The summed E-state index contributed by atoms with van der Waals surface area (Å²) in [7, 11) is -4.42. The molecule has 4 rings (SSSR count). The number of aromatic nitrogens is 3. The van der Waals surface area contributed by atoms with E-state index in [-0.39, 0.29) is 20.6 Å². The third-order valence-electron chi connectivity index (χ3n) is 6.23. The Hall–Kier alpha value is -3.38. The fraction of sp³-hybridized carbons (Fsp3) is 0.321. The maximum Gasteiger partial charge on any atom is 0.328 e. The Morgan fingerprint density at radius 3 is 2.22 bits per heavy atom. The molecule has 13 heteroatoms. The second-order valence-corrected chi connectivity index (χ2v) is 14.2. The Kier molecular flexibility index (Phi) is 8.30. The lowest BCUT2D eigenvalue weighted by molar-refractivity contribution is -0.140. The van der Waals surface area contributed by atoms with Gasteiger partial charge in [-0.3, -0.25) is 8.87 Å². The van der Waals surface area contributed by atoms with E-state index in [9.17, 15) is 18.3 Å². The average Bonchev–Trinajstić information content (AvgIpc) is 3.27. The summed E-state index contributed by atoms with van der Waals surface area (Å²) in [6.07, 6.45) is 1.78. The summed E-state index contributed by atoms with van der Waals surface area (Å²) < 4.78 is 30.8. The van der Waals surface area contributed by atoms with Crippen molar-refractivity contribution in [1.82, 2.24) is 14.8 Å². The summed E-state index contributed by atoms with van der Waals surface area (Å²) in [5.41, 5.74) is 5.51. The molecule has 0 saturated heterocycles. The molecule has 41 heavy (non-hydrogen) atoms. The van der Waals surface area contributed by atoms with Crippen molar-refractivity contribution in [3.63, 3.8) is 0 Å². The number of nitrogens with one attached hydrogen (secondary N) is 1. The molecule has 0 aliphatic carbocycles. The van der Waals surface area contributed by atoms with Crippen LogP contribution in [-0.4, -0.2) is 52.4 Å². The molecular weight excluding hydrogens is 587 g/mol. The highest BCUT2D eigenvalue weighted by molar-refractivity contribution is 7.93. The van der Waals surface area contributed by atoms with Crippen molar-refractivity contribution in [3.05, 3.63) is 70.8 Å². The van der Waals surface area contributed by atoms with E-state index in [1.807, 2.05) is 13.8 Å². The molecule has 4 N–H and O–H groups in total. The number of fused-ring (bicyclic) bond motifs is 1. The van der Waals surface area contributed by atoms with Crippen LogP contribution in [0.1, 0.15) is 34.6 Å². The monoisotopic (exact) mass is 618 g/mol. The highest BCUT2D eigenvalue weighted by Gasteiger charge is 2.43. The van der Waals surface area contributed by atoms with Gasteiger partial charge in [0.2, 0.25) is 0 Å². The first-order valence-corrected chi connectivity index (χ1v) is 14.9. The number of rotatable bonds is 9. The van der Waals surface area contributed by atoms with E-state index < -0.39 is 33.0 Å². The number of carboxylic acid groups (broad SMARTS) is 1. The fourth-order valence-corrected chi connectivity index (χ4v) is 6.88. The summed E-state index contributed by atoms with van der Waals surface area (Å²) in [4.78, 5) is 12.3. The molecule has 2 heterocycles. The molecule has 218 valence electrons. The van der Waals surface area contributed by atoms with E-state index in [0.29, 0.717) is 23.6 Å². The first-order valence-electron chi connectivity index (χ1n) is 12.7. The van der Waals surface area contributed by atoms with Crippen LogP contribution in [-0.2, 0) is 14.8 Å². The van der Waals surface area contributed by atoms with E-state index in [4.69, 9.17) is 28.9 Å². The molecule has 0 radical (unpaired) electrons. The van der Waals surface area contributed by atoms with Crippen molar-refractivity contribution in [2.75, 3.05) is 16.2 Å². The van der Waals surface area contributed by atoms with E-state index >= 15 is 0 Å². The minimum absolute atomic E-state index is 0.111. The maximum absolute atomic E-state index is 14.0. The molecular formula is C28H32Cl2N6O4S. The Morgan fingerprint density at radius 1 is 1.02 bits per heavy atom. The molecule has 0 aliphatic rings. The van der Waals surface area contributed by atoms with E-state index in [2.05, 4.69) is 15.5 Å². The van der Waals surface area contributed by atoms with Gasteiger partial charge in [0.05, 0.1) is 16.1 Å². The minimum Gasteiger partial charge on any atom is -0.480 e. The summed E-state index contributed by atoms with van der Waals surface area (Å²) >= 11 is 12.2. The zero-order valence-electron chi connectivity index (χ0n) is 23.3. The third kappa shape index (κ3) is 6.75. The Morgan fingerprint density at radius 2 is 1.68 bits per heavy atom. The molecule has 0 spiro atoms. The van der Waals surface area contributed by atoms with Crippen LogP contribution in [0.25, 0.3) is 16.7 Å². The average molecular weight is 620 g/mol. The number of carbonyl (C=O) groups is 1. The predicted molar refractivity (Wildman–Crippen MR) is 163 cm³/mol.